The normalized spacial score (nSPS) is 10.0. The van der Waals surface area contributed by atoms with E-state index in [4.69, 9.17) is 11.6 Å². The average Bonchev–Trinajstić information content (AvgIpc) is 2.48. The fraction of sp³-hybridized carbons (Fsp3) is 0.0667. The minimum Gasteiger partial charge on any atom is -0.273 e. The first-order chi connectivity index (χ1) is 10.0. The zero-order valence-corrected chi connectivity index (χ0v) is 13.8. The van der Waals surface area contributed by atoms with Crippen molar-refractivity contribution >= 4 is 46.0 Å². The quantitative estimate of drug-likeness (QED) is 0.599. The van der Waals surface area contributed by atoms with Crippen LogP contribution in [0.25, 0.3) is 0 Å². The molecule has 2 aromatic rings. The van der Waals surface area contributed by atoms with E-state index in [1.54, 1.807) is 36.4 Å². The molecule has 0 aliphatic heterocycles. The summed E-state index contributed by atoms with van der Waals surface area (Å²) in [7, 11) is 0. The van der Waals surface area contributed by atoms with Gasteiger partial charge in [0.05, 0.1) is 6.42 Å². The number of hydrazine groups is 1. The molecule has 0 atom stereocenters. The van der Waals surface area contributed by atoms with Gasteiger partial charge in [0.1, 0.15) is 0 Å². The Balaban J connectivity index is 1.84. The van der Waals surface area contributed by atoms with Gasteiger partial charge in [-0.05, 0) is 64.6 Å². The van der Waals surface area contributed by atoms with Gasteiger partial charge in [-0.2, -0.15) is 0 Å². The Labute approximate surface area is 141 Å². The van der Waals surface area contributed by atoms with E-state index >= 15 is 0 Å². The number of carbonyl (C=O) groups excluding carboxylic acids is 2. The van der Waals surface area contributed by atoms with E-state index in [-0.39, 0.29) is 18.2 Å². The maximum Gasteiger partial charge on any atom is 0.269 e. The largest absolute Gasteiger partial charge is 0.273 e. The molecule has 0 aliphatic rings. The predicted molar refractivity (Wildman–Crippen MR) is 89.9 cm³/mol. The van der Waals surface area contributed by atoms with Crippen LogP contribution in [0.3, 0.4) is 0 Å². The molecule has 0 aliphatic carbocycles. The number of benzene rings is 2. The molecule has 0 heterocycles. The van der Waals surface area contributed by atoms with Crippen LogP contribution in [0.4, 0.5) is 0 Å². The van der Waals surface area contributed by atoms with Gasteiger partial charge in [0, 0.05) is 14.2 Å². The van der Waals surface area contributed by atoms with Gasteiger partial charge in [-0.3, -0.25) is 20.4 Å². The Morgan fingerprint density at radius 3 is 2.19 bits per heavy atom. The smallest absolute Gasteiger partial charge is 0.269 e. The molecule has 4 nitrogen and oxygen atoms in total. The van der Waals surface area contributed by atoms with Crippen LogP contribution in [0.1, 0.15) is 15.9 Å². The lowest BCUT2D eigenvalue weighted by Gasteiger charge is -2.07. The van der Waals surface area contributed by atoms with Gasteiger partial charge in [-0.15, -0.1) is 0 Å². The third-order valence-electron chi connectivity index (χ3n) is 2.70. The lowest BCUT2D eigenvalue weighted by atomic mass is 10.1. The van der Waals surface area contributed by atoms with E-state index in [1.807, 2.05) is 12.1 Å². The maximum atomic E-state index is 11.8. The Morgan fingerprint density at radius 1 is 0.952 bits per heavy atom. The van der Waals surface area contributed by atoms with E-state index in [0.29, 0.717) is 10.6 Å². The molecule has 0 bridgehead atoms. The van der Waals surface area contributed by atoms with Gasteiger partial charge in [-0.25, -0.2) is 0 Å². The van der Waals surface area contributed by atoms with E-state index in [9.17, 15) is 9.59 Å². The highest BCUT2D eigenvalue weighted by Gasteiger charge is 2.07. The number of nitrogens with one attached hydrogen (secondary N) is 2. The molecule has 2 rings (SSSR count). The standard InChI is InChI=1S/C15H12ClIN2O2/c16-12-5-1-10(2-6-12)9-14(20)18-19-15(21)11-3-7-13(17)8-4-11/h1-8H,9H2,(H,18,20)(H,19,21). The molecule has 108 valence electrons. The highest BCUT2D eigenvalue weighted by molar-refractivity contribution is 14.1. The Bertz CT molecular complexity index is 642. The Morgan fingerprint density at radius 2 is 1.57 bits per heavy atom. The average molecular weight is 415 g/mol. The maximum absolute atomic E-state index is 11.8. The predicted octanol–water partition coefficient (Wildman–Crippen LogP) is 2.95. The molecule has 0 aromatic heterocycles. The van der Waals surface area contributed by atoms with Gasteiger partial charge in [0.2, 0.25) is 5.91 Å². The summed E-state index contributed by atoms with van der Waals surface area (Å²) in [6.45, 7) is 0. The molecular weight excluding hydrogens is 403 g/mol. The van der Waals surface area contributed by atoms with Crippen molar-refractivity contribution < 1.29 is 9.59 Å². The van der Waals surface area contributed by atoms with Crippen molar-refractivity contribution in [2.75, 3.05) is 0 Å². The second kappa shape index (κ2) is 7.42. The van der Waals surface area contributed by atoms with Gasteiger partial charge >= 0.3 is 0 Å². The van der Waals surface area contributed by atoms with E-state index in [1.165, 1.54) is 0 Å². The first kappa shape index (κ1) is 15.8. The molecule has 0 saturated carbocycles. The monoisotopic (exact) mass is 414 g/mol. The van der Waals surface area contributed by atoms with Crippen LogP contribution in [0.15, 0.2) is 48.5 Å². The molecule has 0 spiro atoms. The fourth-order valence-corrected chi connectivity index (χ4v) is 2.12. The Hall–Kier alpha value is -1.60. The van der Waals surface area contributed by atoms with Crippen LogP contribution in [-0.2, 0) is 11.2 Å². The van der Waals surface area contributed by atoms with Crippen LogP contribution in [0.2, 0.25) is 5.02 Å². The SMILES string of the molecule is O=C(Cc1ccc(Cl)cc1)NNC(=O)c1ccc(I)cc1. The molecule has 2 amide bonds. The number of rotatable bonds is 3. The summed E-state index contributed by atoms with van der Waals surface area (Å²) in [6, 6.07) is 14.0. The van der Waals surface area contributed by atoms with E-state index < -0.39 is 0 Å². The second-order valence-electron chi connectivity index (χ2n) is 4.31. The van der Waals surface area contributed by atoms with Gasteiger partial charge in [-0.1, -0.05) is 23.7 Å². The van der Waals surface area contributed by atoms with E-state index in [2.05, 4.69) is 33.4 Å². The minimum absolute atomic E-state index is 0.171. The number of carbonyl (C=O) groups is 2. The Kier molecular flexibility index (Phi) is 5.58. The molecule has 21 heavy (non-hydrogen) atoms. The summed E-state index contributed by atoms with van der Waals surface area (Å²) < 4.78 is 1.04. The van der Waals surface area contributed by atoms with Gasteiger partial charge in [0.25, 0.3) is 5.91 Å². The summed E-state index contributed by atoms with van der Waals surface area (Å²) in [4.78, 5) is 23.5. The van der Waals surface area contributed by atoms with Crippen molar-refractivity contribution in [3.05, 3.63) is 68.3 Å². The zero-order valence-electron chi connectivity index (χ0n) is 10.9. The summed E-state index contributed by atoms with van der Waals surface area (Å²) >= 11 is 7.93. The highest BCUT2D eigenvalue weighted by atomic mass is 127. The number of hydrogen-bond donors (Lipinski definition) is 2. The van der Waals surface area contributed by atoms with Crippen LogP contribution in [0.5, 0.6) is 0 Å². The van der Waals surface area contributed by atoms with Crippen molar-refractivity contribution in [3.63, 3.8) is 0 Å². The zero-order chi connectivity index (χ0) is 15.2. The van der Waals surface area contributed by atoms with E-state index in [0.717, 1.165) is 9.13 Å². The third kappa shape index (κ3) is 5.02. The molecule has 2 aromatic carbocycles. The number of halogens is 2. The van der Waals surface area contributed by atoms with Crippen molar-refractivity contribution in [2.45, 2.75) is 6.42 Å². The van der Waals surface area contributed by atoms with Crippen LogP contribution >= 0.6 is 34.2 Å². The van der Waals surface area contributed by atoms with Crippen LogP contribution in [-0.4, -0.2) is 11.8 Å². The van der Waals surface area contributed by atoms with Crippen LogP contribution in [0, 0.1) is 3.57 Å². The van der Waals surface area contributed by atoms with Gasteiger partial charge in [0.15, 0.2) is 0 Å². The summed E-state index contributed by atoms with van der Waals surface area (Å²) in [5, 5.41) is 0.617. The number of hydrogen-bond acceptors (Lipinski definition) is 2. The number of amides is 2. The van der Waals surface area contributed by atoms with Crippen molar-refractivity contribution in [1.82, 2.24) is 10.9 Å². The molecule has 6 heteroatoms. The molecular formula is C15H12ClIN2O2. The van der Waals surface area contributed by atoms with Crippen molar-refractivity contribution in [1.29, 1.82) is 0 Å². The summed E-state index contributed by atoms with van der Waals surface area (Å²) in [6.07, 6.45) is 0.171. The molecule has 2 N–H and O–H groups in total. The highest BCUT2D eigenvalue weighted by Crippen LogP contribution is 2.10. The van der Waals surface area contributed by atoms with Crippen molar-refractivity contribution in [2.24, 2.45) is 0 Å². The second-order valence-corrected chi connectivity index (χ2v) is 5.99. The molecule has 0 unspecified atom stereocenters. The fourth-order valence-electron chi connectivity index (χ4n) is 1.63. The first-order valence-electron chi connectivity index (χ1n) is 6.14. The van der Waals surface area contributed by atoms with Gasteiger partial charge < -0.3 is 0 Å². The summed E-state index contributed by atoms with van der Waals surface area (Å²) in [5.41, 5.74) is 6.08. The molecule has 0 fully saturated rings. The van der Waals surface area contributed by atoms with Crippen molar-refractivity contribution in [3.8, 4) is 0 Å². The first-order valence-corrected chi connectivity index (χ1v) is 7.59. The summed E-state index contributed by atoms with van der Waals surface area (Å²) in [5.74, 6) is -0.646. The lowest BCUT2D eigenvalue weighted by molar-refractivity contribution is -0.121. The topological polar surface area (TPSA) is 58.2 Å². The third-order valence-corrected chi connectivity index (χ3v) is 3.67. The minimum atomic E-state index is -0.351. The molecule has 0 saturated heterocycles. The molecule has 0 radical (unpaired) electrons. The van der Waals surface area contributed by atoms with Crippen LogP contribution < -0.4 is 10.9 Å². The lowest BCUT2D eigenvalue weighted by Crippen LogP contribution is -2.42.